The SMILES string of the molecule is CCCCCCCCCCCCN(CCCC)[N+](=O)[O-]. The maximum Gasteiger partial charge on any atom is 0.160 e. The van der Waals surface area contributed by atoms with E-state index in [2.05, 4.69) is 13.8 Å². The summed E-state index contributed by atoms with van der Waals surface area (Å²) in [5.74, 6) is 0. The molecule has 0 aromatic carbocycles. The number of unbranched alkanes of at least 4 members (excludes halogenated alkanes) is 10. The highest BCUT2D eigenvalue weighted by molar-refractivity contribution is 4.50. The van der Waals surface area contributed by atoms with Gasteiger partial charge in [0.1, 0.15) is 0 Å². The van der Waals surface area contributed by atoms with E-state index in [1.807, 2.05) is 0 Å². The molecule has 0 unspecified atom stereocenters. The normalized spacial score (nSPS) is 10.7. The molecule has 0 amide bonds. The average Bonchev–Trinajstić information content (AvgIpc) is 2.43. The fourth-order valence-electron chi connectivity index (χ4n) is 2.40. The van der Waals surface area contributed by atoms with Crippen LogP contribution in [0.15, 0.2) is 0 Å². The van der Waals surface area contributed by atoms with Gasteiger partial charge in [0.05, 0.1) is 13.1 Å². The second-order valence-corrected chi connectivity index (χ2v) is 5.73. The molecule has 4 nitrogen and oxygen atoms in total. The summed E-state index contributed by atoms with van der Waals surface area (Å²) in [6.45, 7) is 5.53. The molecule has 0 rings (SSSR count). The first-order valence-electron chi connectivity index (χ1n) is 8.61. The summed E-state index contributed by atoms with van der Waals surface area (Å²) in [4.78, 5) is 10.8. The number of hydrazine groups is 1. The summed E-state index contributed by atoms with van der Waals surface area (Å²) in [6.07, 6.45) is 14.7. The van der Waals surface area contributed by atoms with Gasteiger partial charge in [-0.3, -0.25) is 0 Å². The molecule has 0 atom stereocenters. The molecule has 120 valence electrons. The summed E-state index contributed by atoms with van der Waals surface area (Å²) in [5, 5.41) is 12.0. The largest absolute Gasteiger partial charge is 0.235 e. The standard InChI is InChI=1S/C16H34N2O2/c1-3-5-7-8-9-10-11-12-13-14-16-17(18(19)20)15-6-4-2/h3-16H2,1-2H3. The van der Waals surface area contributed by atoms with E-state index in [0.29, 0.717) is 13.1 Å². The van der Waals surface area contributed by atoms with Crippen molar-refractivity contribution >= 4 is 0 Å². The summed E-state index contributed by atoms with van der Waals surface area (Å²) in [6, 6.07) is 0. The minimum atomic E-state index is -0.233. The van der Waals surface area contributed by atoms with Gasteiger partial charge >= 0.3 is 0 Å². The van der Waals surface area contributed by atoms with E-state index in [4.69, 9.17) is 0 Å². The predicted octanol–water partition coefficient (Wildman–Crippen LogP) is 5.20. The Hall–Kier alpha value is -0.800. The Labute approximate surface area is 125 Å². The number of nitro groups is 1. The van der Waals surface area contributed by atoms with Gasteiger partial charge in [-0.15, -0.1) is 5.01 Å². The van der Waals surface area contributed by atoms with Crippen LogP contribution in [0.25, 0.3) is 0 Å². The van der Waals surface area contributed by atoms with Gasteiger partial charge in [-0.1, -0.05) is 78.1 Å². The zero-order valence-corrected chi connectivity index (χ0v) is 13.6. The van der Waals surface area contributed by atoms with Crippen molar-refractivity contribution in [3.05, 3.63) is 10.1 Å². The van der Waals surface area contributed by atoms with Gasteiger partial charge in [0, 0.05) is 0 Å². The molecule has 0 aliphatic heterocycles. The fraction of sp³-hybridized carbons (Fsp3) is 1.00. The highest BCUT2D eigenvalue weighted by Crippen LogP contribution is 2.11. The fourth-order valence-corrected chi connectivity index (χ4v) is 2.40. The second-order valence-electron chi connectivity index (χ2n) is 5.73. The maximum atomic E-state index is 10.8. The highest BCUT2D eigenvalue weighted by Gasteiger charge is 2.11. The van der Waals surface area contributed by atoms with E-state index in [-0.39, 0.29) is 5.03 Å². The molecule has 4 heteroatoms. The van der Waals surface area contributed by atoms with Crippen molar-refractivity contribution in [1.82, 2.24) is 5.01 Å². The third-order valence-electron chi connectivity index (χ3n) is 3.77. The van der Waals surface area contributed by atoms with Crippen LogP contribution in [0.1, 0.15) is 90.9 Å². The molecule has 20 heavy (non-hydrogen) atoms. The zero-order chi connectivity index (χ0) is 15.1. The van der Waals surface area contributed by atoms with Crippen LogP contribution >= 0.6 is 0 Å². The van der Waals surface area contributed by atoms with Crippen LogP contribution < -0.4 is 0 Å². The molecule has 0 radical (unpaired) electrons. The lowest BCUT2D eigenvalue weighted by Gasteiger charge is -2.13. The van der Waals surface area contributed by atoms with E-state index < -0.39 is 0 Å². The Balaban J connectivity index is 3.34. The van der Waals surface area contributed by atoms with Crippen LogP contribution in [-0.2, 0) is 0 Å². The molecule has 0 fully saturated rings. The number of rotatable bonds is 15. The quantitative estimate of drug-likeness (QED) is 0.236. The van der Waals surface area contributed by atoms with Crippen LogP contribution in [0.5, 0.6) is 0 Å². The number of nitrogens with zero attached hydrogens (tertiary/aromatic N) is 2. The first-order valence-corrected chi connectivity index (χ1v) is 8.61. The van der Waals surface area contributed by atoms with Crippen molar-refractivity contribution in [3.8, 4) is 0 Å². The van der Waals surface area contributed by atoms with Gasteiger partial charge in [-0.2, -0.15) is 0 Å². The Morgan fingerprint density at radius 3 is 1.55 bits per heavy atom. The van der Waals surface area contributed by atoms with E-state index in [9.17, 15) is 10.1 Å². The third-order valence-corrected chi connectivity index (χ3v) is 3.77. The maximum absolute atomic E-state index is 10.8. The first-order chi connectivity index (χ1) is 9.72. The first kappa shape index (κ1) is 19.2. The van der Waals surface area contributed by atoms with Crippen molar-refractivity contribution in [1.29, 1.82) is 0 Å². The molecule has 0 aromatic heterocycles. The minimum Gasteiger partial charge on any atom is -0.235 e. The van der Waals surface area contributed by atoms with Crippen LogP contribution in [0, 0.1) is 10.1 Å². The lowest BCUT2D eigenvalue weighted by molar-refractivity contribution is -0.655. The molecule has 0 heterocycles. The lowest BCUT2D eigenvalue weighted by atomic mass is 10.1. The second kappa shape index (κ2) is 14.6. The Morgan fingerprint density at radius 1 is 0.700 bits per heavy atom. The zero-order valence-electron chi connectivity index (χ0n) is 13.6. The summed E-state index contributed by atoms with van der Waals surface area (Å²) in [5.41, 5.74) is 0. The summed E-state index contributed by atoms with van der Waals surface area (Å²) < 4.78 is 0. The molecule has 0 spiro atoms. The van der Waals surface area contributed by atoms with Crippen LogP contribution in [0.3, 0.4) is 0 Å². The van der Waals surface area contributed by atoms with Crippen LogP contribution in [0.4, 0.5) is 0 Å². The predicted molar refractivity (Wildman–Crippen MR) is 85.3 cm³/mol. The minimum absolute atomic E-state index is 0.233. The highest BCUT2D eigenvalue weighted by atomic mass is 16.7. The van der Waals surface area contributed by atoms with E-state index in [0.717, 1.165) is 25.7 Å². The Bertz CT molecular complexity index is 223. The van der Waals surface area contributed by atoms with Crippen molar-refractivity contribution in [2.75, 3.05) is 13.1 Å². The molecule has 0 bridgehead atoms. The van der Waals surface area contributed by atoms with Crippen LogP contribution in [0.2, 0.25) is 0 Å². The van der Waals surface area contributed by atoms with E-state index >= 15 is 0 Å². The van der Waals surface area contributed by atoms with Crippen LogP contribution in [-0.4, -0.2) is 23.1 Å². The van der Waals surface area contributed by atoms with E-state index in [1.165, 1.54) is 56.4 Å². The lowest BCUT2D eigenvalue weighted by Crippen LogP contribution is -2.31. The molecule has 0 aliphatic rings. The topological polar surface area (TPSA) is 46.4 Å². The van der Waals surface area contributed by atoms with Crippen molar-refractivity contribution in [2.45, 2.75) is 90.9 Å². The van der Waals surface area contributed by atoms with Gasteiger partial charge in [0.15, 0.2) is 5.03 Å². The van der Waals surface area contributed by atoms with Gasteiger partial charge < -0.3 is 0 Å². The smallest absolute Gasteiger partial charge is 0.160 e. The molecule has 0 saturated carbocycles. The number of hydrogen-bond acceptors (Lipinski definition) is 2. The van der Waals surface area contributed by atoms with Gasteiger partial charge in [-0.25, -0.2) is 10.1 Å². The third kappa shape index (κ3) is 12.2. The Kier molecular flexibility index (Phi) is 14.0. The molecule has 0 aromatic rings. The summed E-state index contributed by atoms with van der Waals surface area (Å²) in [7, 11) is 0. The molecular formula is C16H34N2O2. The number of hydrogen-bond donors (Lipinski definition) is 0. The van der Waals surface area contributed by atoms with Gasteiger partial charge in [0.2, 0.25) is 0 Å². The average molecular weight is 286 g/mol. The van der Waals surface area contributed by atoms with Crippen molar-refractivity contribution in [2.24, 2.45) is 0 Å². The Morgan fingerprint density at radius 2 is 1.10 bits per heavy atom. The van der Waals surface area contributed by atoms with Gasteiger partial charge in [0.25, 0.3) is 0 Å². The van der Waals surface area contributed by atoms with Crippen molar-refractivity contribution < 1.29 is 5.03 Å². The monoisotopic (exact) mass is 286 g/mol. The summed E-state index contributed by atoms with van der Waals surface area (Å²) >= 11 is 0. The molecule has 0 N–H and O–H groups in total. The molecule has 0 saturated heterocycles. The molecular weight excluding hydrogens is 252 g/mol. The van der Waals surface area contributed by atoms with E-state index in [1.54, 1.807) is 0 Å². The van der Waals surface area contributed by atoms with Crippen molar-refractivity contribution in [3.63, 3.8) is 0 Å². The van der Waals surface area contributed by atoms with Gasteiger partial charge in [-0.05, 0) is 12.8 Å². The molecule has 0 aliphatic carbocycles.